The number of carbonyl (C=O) groups is 1. The van der Waals surface area contributed by atoms with Gasteiger partial charge in [-0.25, -0.2) is 0 Å². The minimum absolute atomic E-state index is 0.168. The van der Waals surface area contributed by atoms with Gasteiger partial charge in [0, 0.05) is 6.92 Å². The van der Waals surface area contributed by atoms with Crippen molar-refractivity contribution in [2.24, 2.45) is 0 Å². The highest BCUT2D eigenvalue weighted by Crippen LogP contribution is 2.07. The van der Waals surface area contributed by atoms with E-state index in [0.29, 0.717) is 6.61 Å². The Kier molecular flexibility index (Phi) is 13.2. The van der Waals surface area contributed by atoms with Crippen molar-refractivity contribution in [3.63, 3.8) is 0 Å². The van der Waals surface area contributed by atoms with Gasteiger partial charge in [-0.05, 0) is 25.7 Å². The van der Waals surface area contributed by atoms with Crippen molar-refractivity contribution in [1.29, 1.82) is 0 Å². The van der Waals surface area contributed by atoms with Crippen molar-refractivity contribution in [1.82, 2.24) is 0 Å². The van der Waals surface area contributed by atoms with Gasteiger partial charge >= 0.3 is 5.97 Å². The molecule has 0 bridgehead atoms. The smallest absolute Gasteiger partial charge is 0.302 e. The van der Waals surface area contributed by atoms with Crippen LogP contribution in [0.4, 0.5) is 0 Å². The molecule has 104 valence electrons. The van der Waals surface area contributed by atoms with Crippen LogP contribution >= 0.6 is 0 Å². The molecule has 0 aromatic heterocycles. The maximum atomic E-state index is 10.5. The monoisotopic (exact) mass is 252 g/mol. The summed E-state index contributed by atoms with van der Waals surface area (Å²) in [6, 6.07) is 0. The molecule has 2 nitrogen and oxygen atoms in total. The highest BCUT2D eigenvalue weighted by Gasteiger charge is 1.93. The molecule has 0 aromatic rings. The van der Waals surface area contributed by atoms with E-state index in [0.717, 1.165) is 12.8 Å². The molecule has 0 aliphatic heterocycles. The van der Waals surface area contributed by atoms with E-state index >= 15 is 0 Å². The van der Waals surface area contributed by atoms with E-state index in [-0.39, 0.29) is 5.97 Å². The third-order valence-corrected chi connectivity index (χ3v) is 2.69. The number of esters is 1. The summed E-state index contributed by atoms with van der Waals surface area (Å²) >= 11 is 0. The second-order valence-corrected chi connectivity index (χ2v) is 4.51. The van der Waals surface area contributed by atoms with Crippen molar-refractivity contribution in [2.75, 3.05) is 6.61 Å². The van der Waals surface area contributed by atoms with Gasteiger partial charge in [0.05, 0.1) is 6.61 Å². The van der Waals surface area contributed by atoms with Crippen molar-refractivity contribution < 1.29 is 9.53 Å². The molecule has 0 atom stereocenters. The van der Waals surface area contributed by atoms with E-state index in [1.54, 1.807) is 0 Å². The Balaban J connectivity index is 3.09. The summed E-state index contributed by atoms with van der Waals surface area (Å²) in [5.74, 6) is -0.168. The van der Waals surface area contributed by atoms with Crippen LogP contribution in [-0.2, 0) is 9.53 Å². The Morgan fingerprint density at radius 2 is 1.56 bits per heavy atom. The average Bonchev–Trinajstić information content (AvgIpc) is 2.34. The van der Waals surface area contributed by atoms with Gasteiger partial charge in [0.15, 0.2) is 0 Å². The standard InChI is InChI=1S/C16H28O2/c1-3-4-5-6-7-8-9-10-11-12-13-14-15-18-16(2)17/h4-7H,3,8-15H2,1-2H3/b5-4?,7-6+. The molecule has 0 N–H and O–H groups in total. The van der Waals surface area contributed by atoms with Gasteiger partial charge in [-0.15, -0.1) is 0 Å². The molecule has 0 saturated heterocycles. The quantitative estimate of drug-likeness (QED) is 0.300. The molecule has 0 aliphatic carbocycles. The molecule has 0 rings (SSSR count). The van der Waals surface area contributed by atoms with Crippen molar-refractivity contribution >= 4 is 5.97 Å². The minimum atomic E-state index is -0.168. The first-order valence-electron chi connectivity index (χ1n) is 7.22. The van der Waals surface area contributed by atoms with Crippen LogP contribution in [-0.4, -0.2) is 12.6 Å². The Morgan fingerprint density at radius 3 is 2.22 bits per heavy atom. The molecule has 0 radical (unpaired) electrons. The number of hydrogen-bond donors (Lipinski definition) is 0. The third-order valence-electron chi connectivity index (χ3n) is 2.69. The van der Waals surface area contributed by atoms with Crippen LogP contribution in [0.5, 0.6) is 0 Å². The highest BCUT2D eigenvalue weighted by molar-refractivity contribution is 5.65. The molecule has 0 spiro atoms. The third kappa shape index (κ3) is 14.9. The predicted octanol–water partition coefficient (Wildman–Crippen LogP) is 4.80. The lowest BCUT2D eigenvalue weighted by atomic mass is 10.1. The van der Waals surface area contributed by atoms with Crippen LogP contribution in [0.2, 0.25) is 0 Å². The SMILES string of the molecule is CCC=C/C=C/CCCCCCCCOC(C)=O. The molecular weight excluding hydrogens is 224 g/mol. The zero-order chi connectivity index (χ0) is 13.5. The molecular formula is C16H28O2. The number of unbranched alkanes of at least 4 members (excludes halogenated alkanes) is 6. The highest BCUT2D eigenvalue weighted by atomic mass is 16.5. The summed E-state index contributed by atoms with van der Waals surface area (Å²) < 4.78 is 4.88. The van der Waals surface area contributed by atoms with Gasteiger partial charge in [0.25, 0.3) is 0 Å². The van der Waals surface area contributed by atoms with Crippen LogP contribution in [0.3, 0.4) is 0 Å². The average molecular weight is 252 g/mol. The first kappa shape index (κ1) is 16.9. The lowest BCUT2D eigenvalue weighted by Crippen LogP contribution is -1.99. The number of allylic oxidation sites excluding steroid dienone is 4. The zero-order valence-electron chi connectivity index (χ0n) is 12.0. The van der Waals surface area contributed by atoms with Crippen LogP contribution in [0.25, 0.3) is 0 Å². The fourth-order valence-corrected chi connectivity index (χ4v) is 1.68. The second kappa shape index (κ2) is 14.0. The summed E-state index contributed by atoms with van der Waals surface area (Å²) in [7, 11) is 0. The second-order valence-electron chi connectivity index (χ2n) is 4.51. The molecule has 0 aliphatic rings. The van der Waals surface area contributed by atoms with Crippen LogP contribution in [0, 0.1) is 0 Å². The minimum Gasteiger partial charge on any atom is -0.466 e. The van der Waals surface area contributed by atoms with Crippen LogP contribution < -0.4 is 0 Å². The zero-order valence-corrected chi connectivity index (χ0v) is 12.0. The summed E-state index contributed by atoms with van der Waals surface area (Å²) in [5.41, 5.74) is 0. The van der Waals surface area contributed by atoms with E-state index in [1.807, 2.05) is 0 Å². The fourth-order valence-electron chi connectivity index (χ4n) is 1.68. The molecule has 0 heterocycles. The molecule has 0 unspecified atom stereocenters. The number of ether oxygens (including phenoxy) is 1. The van der Waals surface area contributed by atoms with E-state index in [2.05, 4.69) is 31.2 Å². The first-order chi connectivity index (χ1) is 8.77. The largest absolute Gasteiger partial charge is 0.466 e. The fraction of sp³-hybridized carbons (Fsp3) is 0.688. The van der Waals surface area contributed by atoms with Gasteiger partial charge < -0.3 is 4.74 Å². The van der Waals surface area contributed by atoms with Crippen molar-refractivity contribution in [2.45, 2.75) is 65.2 Å². The summed E-state index contributed by atoms with van der Waals surface area (Å²) in [5, 5.41) is 0. The van der Waals surface area contributed by atoms with E-state index in [1.165, 1.54) is 45.4 Å². The summed E-state index contributed by atoms with van der Waals surface area (Å²) in [6.45, 7) is 4.19. The van der Waals surface area contributed by atoms with Crippen LogP contribution in [0.15, 0.2) is 24.3 Å². The molecule has 2 heteroatoms. The maximum absolute atomic E-state index is 10.5. The van der Waals surface area contributed by atoms with Crippen molar-refractivity contribution in [3.8, 4) is 0 Å². The number of rotatable bonds is 11. The van der Waals surface area contributed by atoms with Gasteiger partial charge in [0.1, 0.15) is 0 Å². The van der Waals surface area contributed by atoms with Gasteiger partial charge in [-0.3, -0.25) is 4.79 Å². The van der Waals surface area contributed by atoms with Gasteiger partial charge in [-0.2, -0.15) is 0 Å². The van der Waals surface area contributed by atoms with Gasteiger partial charge in [-0.1, -0.05) is 56.9 Å². The summed E-state index contributed by atoms with van der Waals surface area (Å²) in [4.78, 5) is 10.5. The van der Waals surface area contributed by atoms with Crippen molar-refractivity contribution in [3.05, 3.63) is 24.3 Å². The molecule has 0 fully saturated rings. The Bertz CT molecular complexity index is 241. The predicted molar refractivity (Wildman–Crippen MR) is 77.5 cm³/mol. The molecule has 18 heavy (non-hydrogen) atoms. The first-order valence-corrected chi connectivity index (χ1v) is 7.22. The van der Waals surface area contributed by atoms with E-state index in [4.69, 9.17) is 4.74 Å². The Labute approximate surface area is 112 Å². The normalized spacial score (nSPS) is 11.4. The Hall–Kier alpha value is -1.05. The van der Waals surface area contributed by atoms with E-state index < -0.39 is 0 Å². The number of carbonyl (C=O) groups excluding carboxylic acids is 1. The Morgan fingerprint density at radius 1 is 0.944 bits per heavy atom. The maximum Gasteiger partial charge on any atom is 0.302 e. The van der Waals surface area contributed by atoms with E-state index in [9.17, 15) is 4.79 Å². The molecule has 0 aromatic carbocycles. The molecule has 0 amide bonds. The lowest BCUT2D eigenvalue weighted by molar-refractivity contribution is -0.141. The lowest BCUT2D eigenvalue weighted by Gasteiger charge is -2.01. The van der Waals surface area contributed by atoms with Crippen LogP contribution in [0.1, 0.15) is 65.2 Å². The molecule has 0 saturated carbocycles. The number of hydrogen-bond acceptors (Lipinski definition) is 2. The topological polar surface area (TPSA) is 26.3 Å². The summed E-state index contributed by atoms with van der Waals surface area (Å²) in [6.07, 6.45) is 18.3. The van der Waals surface area contributed by atoms with Gasteiger partial charge in [0.2, 0.25) is 0 Å².